The Balaban J connectivity index is 1.66. The second kappa shape index (κ2) is 5.83. The van der Waals surface area contributed by atoms with E-state index in [1.807, 2.05) is 6.33 Å². The molecule has 5 heteroatoms. The summed E-state index contributed by atoms with van der Waals surface area (Å²) < 4.78 is 2.18. The largest absolute Gasteiger partial charge is 0.315 e. The van der Waals surface area contributed by atoms with Crippen LogP contribution in [0.5, 0.6) is 0 Å². The van der Waals surface area contributed by atoms with Gasteiger partial charge in [-0.1, -0.05) is 25.7 Å². The van der Waals surface area contributed by atoms with E-state index >= 15 is 0 Å². The normalized spacial score (nSPS) is 23.8. The monoisotopic (exact) mass is 280 g/mol. The molecule has 0 unspecified atom stereocenters. The summed E-state index contributed by atoms with van der Waals surface area (Å²) in [7, 11) is 0. The van der Waals surface area contributed by atoms with Crippen LogP contribution in [0.25, 0.3) is 0 Å². The van der Waals surface area contributed by atoms with Gasteiger partial charge in [-0.15, -0.1) is 10.2 Å². The third-order valence-electron chi connectivity index (χ3n) is 4.78. The predicted octanol–water partition coefficient (Wildman–Crippen LogP) is 2.36. The van der Waals surface area contributed by atoms with Crippen molar-refractivity contribution in [2.75, 3.05) is 18.8 Å². The Morgan fingerprint density at radius 3 is 2.68 bits per heavy atom. The van der Waals surface area contributed by atoms with E-state index in [0.29, 0.717) is 5.41 Å². The van der Waals surface area contributed by atoms with E-state index in [-0.39, 0.29) is 0 Å². The van der Waals surface area contributed by atoms with Crippen LogP contribution in [0.2, 0.25) is 0 Å². The maximum Gasteiger partial charge on any atom is 0.147 e. The Hall–Kier alpha value is -0.550. The van der Waals surface area contributed by atoms with Crippen LogP contribution in [0.1, 0.15) is 44.3 Å². The van der Waals surface area contributed by atoms with Crippen molar-refractivity contribution in [3.63, 3.8) is 0 Å². The molecule has 1 fully saturated rings. The maximum absolute atomic E-state index is 4.68. The van der Waals surface area contributed by atoms with Gasteiger partial charge in [-0.2, -0.15) is 12.6 Å². The average Bonchev–Trinajstić information content (AvgIpc) is 2.77. The molecule has 0 radical (unpaired) electrons. The van der Waals surface area contributed by atoms with Gasteiger partial charge < -0.3 is 4.57 Å². The number of rotatable bonds is 3. The van der Waals surface area contributed by atoms with Crippen LogP contribution in [-0.4, -0.2) is 38.5 Å². The highest BCUT2D eigenvalue weighted by Gasteiger charge is 2.32. The lowest BCUT2D eigenvalue weighted by Crippen LogP contribution is -2.42. The molecule has 0 aromatic carbocycles. The second-order valence-corrected chi connectivity index (χ2v) is 6.54. The van der Waals surface area contributed by atoms with Crippen molar-refractivity contribution in [1.82, 2.24) is 19.7 Å². The number of hydrogen-bond acceptors (Lipinski definition) is 4. The van der Waals surface area contributed by atoms with E-state index in [2.05, 4.69) is 32.3 Å². The van der Waals surface area contributed by atoms with E-state index in [4.69, 9.17) is 0 Å². The molecule has 1 aliphatic heterocycles. The molecule has 1 saturated carbocycles. The van der Waals surface area contributed by atoms with Gasteiger partial charge in [-0.3, -0.25) is 4.90 Å². The molecule has 0 N–H and O–H groups in total. The molecule has 2 heterocycles. The van der Waals surface area contributed by atoms with Crippen molar-refractivity contribution >= 4 is 12.6 Å². The molecular weight excluding hydrogens is 256 g/mol. The lowest BCUT2D eigenvalue weighted by molar-refractivity contribution is 0.123. The lowest BCUT2D eigenvalue weighted by atomic mass is 9.81. The molecule has 106 valence electrons. The number of nitrogens with zero attached hydrogens (tertiary/aromatic N) is 4. The van der Waals surface area contributed by atoms with Crippen LogP contribution < -0.4 is 0 Å². The summed E-state index contributed by atoms with van der Waals surface area (Å²) in [5, 5.41) is 8.23. The molecule has 19 heavy (non-hydrogen) atoms. The molecule has 0 bridgehead atoms. The van der Waals surface area contributed by atoms with Gasteiger partial charge in [0.1, 0.15) is 12.2 Å². The second-order valence-electron chi connectivity index (χ2n) is 6.22. The zero-order chi connectivity index (χ0) is 13.1. The van der Waals surface area contributed by atoms with Crippen molar-refractivity contribution < 1.29 is 0 Å². The van der Waals surface area contributed by atoms with Gasteiger partial charge >= 0.3 is 0 Å². The first-order valence-corrected chi connectivity index (χ1v) is 8.14. The fraction of sp³-hybridized carbons (Fsp3) is 0.857. The van der Waals surface area contributed by atoms with E-state index < -0.39 is 0 Å². The molecule has 1 aromatic heterocycles. The number of fused-ring (bicyclic) bond motifs is 1. The van der Waals surface area contributed by atoms with Crippen LogP contribution in [-0.2, 0) is 13.1 Å². The molecule has 0 saturated heterocycles. The molecule has 0 spiro atoms. The zero-order valence-corrected chi connectivity index (χ0v) is 12.5. The van der Waals surface area contributed by atoms with Crippen LogP contribution in [0.4, 0.5) is 0 Å². The minimum absolute atomic E-state index is 0.432. The molecule has 4 nitrogen and oxygen atoms in total. The molecule has 1 aromatic rings. The summed E-state index contributed by atoms with van der Waals surface area (Å²) in [5.41, 5.74) is 0.432. The SMILES string of the molecule is SCC1(CN2CCn3cnnc3C2)CCCCCC1. The maximum atomic E-state index is 4.68. The van der Waals surface area contributed by atoms with Crippen LogP contribution >= 0.6 is 12.6 Å². The van der Waals surface area contributed by atoms with Gasteiger partial charge in [0.25, 0.3) is 0 Å². The highest BCUT2D eigenvalue weighted by atomic mass is 32.1. The highest BCUT2D eigenvalue weighted by Crippen LogP contribution is 2.37. The fourth-order valence-electron chi connectivity index (χ4n) is 3.57. The third kappa shape index (κ3) is 2.97. The Kier molecular flexibility index (Phi) is 4.12. The Morgan fingerprint density at radius 1 is 1.16 bits per heavy atom. The van der Waals surface area contributed by atoms with E-state index in [0.717, 1.165) is 31.2 Å². The molecule has 2 aliphatic rings. The topological polar surface area (TPSA) is 34.0 Å². The fourth-order valence-corrected chi connectivity index (χ4v) is 3.99. The summed E-state index contributed by atoms with van der Waals surface area (Å²) in [5.74, 6) is 2.14. The summed E-state index contributed by atoms with van der Waals surface area (Å²) >= 11 is 4.68. The third-order valence-corrected chi connectivity index (χ3v) is 5.45. The summed E-state index contributed by atoms with van der Waals surface area (Å²) in [6.45, 7) is 4.30. The molecule has 1 aliphatic carbocycles. The van der Waals surface area contributed by atoms with Crippen molar-refractivity contribution in [1.29, 1.82) is 0 Å². The standard InChI is InChI=1S/C14H24N4S/c19-11-14(5-3-1-2-4-6-14)10-17-7-8-18-12-15-16-13(18)9-17/h12,19H,1-11H2. The Bertz CT molecular complexity index is 409. The van der Waals surface area contributed by atoms with Gasteiger partial charge in [0.2, 0.25) is 0 Å². The van der Waals surface area contributed by atoms with Gasteiger partial charge in [0, 0.05) is 19.6 Å². The quantitative estimate of drug-likeness (QED) is 0.682. The van der Waals surface area contributed by atoms with Crippen LogP contribution in [0.15, 0.2) is 6.33 Å². The van der Waals surface area contributed by atoms with Crippen LogP contribution in [0, 0.1) is 5.41 Å². The first-order chi connectivity index (χ1) is 9.31. The van der Waals surface area contributed by atoms with Crippen molar-refractivity contribution in [2.45, 2.75) is 51.6 Å². The lowest BCUT2D eigenvalue weighted by Gasteiger charge is -2.38. The van der Waals surface area contributed by atoms with E-state index in [9.17, 15) is 0 Å². The van der Waals surface area contributed by atoms with Gasteiger partial charge in [-0.25, -0.2) is 0 Å². The zero-order valence-electron chi connectivity index (χ0n) is 11.6. The minimum Gasteiger partial charge on any atom is -0.315 e. The van der Waals surface area contributed by atoms with Gasteiger partial charge in [0.05, 0.1) is 6.54 Å². The number of aromatic nitrogens is 3. The number of thiol groups is 1. The number of hydrogen-bond donors (Lipinski definition) is 1. The summed E-state index contributed by atoms with van der Waals surface area (Å²) in [6.07, 6.45) is 10.1. The minimum atomic E-state index is 0.432. The highest BCUT2D eigenvalue weighted by molar-refractivity contribution is 7.80. The average molecular weight is 280 g/mol. The predicted molar refractivity (Wildman–Crippen MR) is 79.3 cm³/mol. The van der Waals surface area contributed by atoms with Gasteiger partial charge in [0.15, 0.2) is 0 Å². The smallest absolute Gasteiger partial charge is 0.147 e. The molecule has 0 atom stereocenters. The van der Waals surface area contributed by atoms with E-state index in [1.165, 1.54) is 45.1 Å². The van der Waals surface area contributed by atoms with Crippen molar-refractivity contribution in [3.8, 4) is 0 Å². The molecular formula is C14H24N4S. The van der Waals surface area contributed by atoms with E-state index in [1.54, 1.807) is 0 Å². The van der Waals surface area contributed by atoms with Crippen LogP contribution in [0.3, 0.4) is 0 Å². The molecule has 3 rings (SSSR count). The Morgan fingerprint density at radius 2 is 1.95 bits per heavy atom. The summed E-state index contributed by atoms with van der Waals surface area (Å²) in [6, 6.07) is 0. The Labute approximate surface area is 121 Å². The first-order valence-electron chi connectivity index (χ1n) is 7.51. The molecule has 0 amide bonds. The van der Waals surface area contributed by atoms with Gasteiger partial charge in [-0.05, 0) is 24.0 Å². The van der Waals surface area contributed by atoms with Crippen molar-refractivity contribution in [3.05, 3.63) is 12.2 Å². The summed E-state index contributed by atoms with van der Waals surface area (Å²) in [4.78, 5) is 2.56. The van der Waals surface area contributed by atoms with Crippen molar-refractivity contribution in [2.24, 2.45) is 5.41 Å². The first kappa shape index (κ1) is 13.4.